The Bertz CT molecular complexity index is 1840. The van der Waals surface area contributed by atoms with E-state index in [4.69, 9.17) is 21.3 Å². The van der Waals surface area contributed by atoms with Crippen LogP contribution in [0.1, 0.15) is 38.0 Å². The third-order valence-corrected chi connectivity index (χ3v) is 8.68. The highest BCUT2D eigenvalue weighted by molar-refractivity contribution is 7.22. The number of thiazole rings is 1. The molecule has 2 aliphatic heterocycles. The molecule has 6 rings (SSSR count). The summed E-state index contributed by atoms with van der Waals surface area (Å²) in [4.78, 5) is 41.1. The van der Waals surface area contributed by atoms with Crippen LogP contribution < -0.4 is 4.90 Å². The predicted molar refractivity (Wildman–Crippen MR) is 170 cm³/mol. The largest absolute Gasteiger partial charge is 0.479 e. The van der Waals surface area contributed by atoms with Crippen LogP contribution in [0.25, 0.3) is 31.9 Å². The van der Waals surface area contributed by atoms with Crippen molar-refractivity contribution in [3.8, 4) is 21.7 Å². The lowest BCUT2D eigenvalue weighted by molar-refractivity contribution is -0.160. The Labute approximate surface area is 258 Å². The molecule has 3 atom stereocenters. The summed E-state index contributed by atoms with van der Waals surface area (Å²) < 4.78 is 6.94. The number of allylic oxidation sites excluding steroid dienone is 2. The third-order valence-electron chi connectivity index (χ3n) is 7.29. The number of carboxylic acid groups (broad SMARTS) is 1. The maximum atomic E-state index is 13.3. The highest BCUT2D eigenvalue weighted by atomic mass is 35.5. The van der Waals surface area contributed by atoms with Crippen LogP contribution in [0.15, 0.2) is 78.2 Å². The maximum absolute atomic E-state index is 13.3. The lowest BCUT2D eigenvalue weighted by Crippen LogP contribution is -2.40. The van der Waals surface area contributed by atoms with Gasteiger partial charge in [-0.15, -0.1) is 11.3 Å². The first-order valence-corrected chi connectivity index (χ1v) is 15.0. The molecule has 0 radical (unpaired) electrons. The summed E-state index contributed by atoms with van der Waals surface area (Å²) in [5, 5.41) is 11.6. The van der Waals surface area contributed by atoms with E-state index in [1.54, 1.807) is 41.8 Å². The van der Waals surface area contributed by atoms with Gasteiger partial charge in [0.2, 0.25) is 5.91 Å². The van der Waals surface area contributed by atoms with E-state index in [1.165, 1.54) is 11.3 Å². The second kappa shape index (κ2) is 11.1. The number of benzene rings is 2. The minimum Gasteiger partial charge on any atom is -0.479 e. The number of carbonyl (C=O) groups excluding carboxylic acids is 1. The molecule has 0 bridgehead atoms. The number of aliphatic carboxylic acids is 1. The Kier molecular flexibility index (Phi) is 7.50. The molecule has 8 nitrogen and oxygen atoms in total. The fourth-order valence-corrected chi connectivity index (χ4v) is 6.62. The van der Waals surface area contributed by atoms with E-state index in [-0.39, 0.29) is 17.7 Å². The van der Waals surface area contributed by atoms with Crippen molar-refractivity contribution in [2.75, 3.05) is 4.90 Å². The molecule has 4 aromatic rings. The Hall–Kier alpha value is -4.18. The number of halogens is 1. The van der Waals surface area contributed by atoms with E-state index in [9.17, 15) is 14.7 Å². The standard InChI is InChI=1S/C33H29ClN4O4S/c1-18-15-24-29(27(20-5-7-22(34)8-6-20)26(18)28(32(40)41)42-33(2,3)4)43-30(37-24)21-10-13-36-25(16-21)38-14-11-19-9-12-35-17-23(19)31(38)39/h5-17,19,23,28H,1-4H3,(H,40,41)/t19?,23?,28-/m0/s1. The van der Waals surface area contributed by atoms with Gasteiger partial charge >= 0.3 is 5.97 Å². The average molecular weight is 613 g/mol. The molecule has 0 aliphatic carbocycles. The van der Waals surface area contributed by atoms with Crippen LogP contribution in [0, 0.1) is 18.8 Å². The number of rotatable bonds is 6. The molecule has 4 heterocycles. The number of carboxylic acids is 1. The molecular formula is C33H29ClN4O4S. The van der Waals surface area contributed by atoms with E-state index in [2.05, 4.69) is 9.98 Å². The van der Waals surface area contributed by atoms with Crippen molar-refractivity contribution in [1.29, 1.82) is 0 Å². The number of hydrogen-bond donors (Lipinski definition) is 1. The van der Waals surface area contributed by atoms with Crippen LogP contribution in [-0.2, 0) is 14.3 Å². The van der Waals surface area contributed by atoms with Crippen LogP contribution in [0.3, 0.4) is 0 Å². The van der Waals surface area contributed by atoms with Gasteiger partial charge < -0.3 is 9.84 Å². The number of aliphatic imine (C=N–C) groups is 1. The molecular weight excluding hydrogens is 584 g/mol. The van der Waals surface area contributed by atoms with E-state index in [0.717, 1.165) is 32.5 Å². The monoisotopic (exact) mass is 612 g/mol. The number of anilines is 1. The Morgan fingerprint density at radius 2 is 1.88 bits per heavy atom. The molecule has 0 fully saturated rings. The number of ether oxygens (including phenoxy) is 1. The summed E-state index contributed by atoms with van der Waals surface area (Å²) >= 11 is 7.67. The topological polar surface area (TPSA) is 105 Å². The number of pyridine rings is 1. The first-order valence-electron chi connectivity index (χ1n) is 13.8. The van der Waals surface area contributed by atoms with Crippen molar-refractivity contribution in [2.45, 2.75) is 39.4 Å². The second-order valence-corrected chi connectivity index (χ2v) is 12.9. The highest BCUT2D eigenvalue weighted by Gasteiger charge is 2.34. The normalized spacial score (nSPS) is 18.7. The number of nitrogens with zero attached hydrogens (tertiary/aromatic N) is 4. The molecule has 10 heteroatoms. The summed E-state index contributed by atoms with van der Waals surface area (Å²) in [6.45, 7) is 7.39. The smallest absolute Gasteiger partial charge is 0.337 e. The number of fused-ring (bicyclic) bond motifs is 2. The van der Waals surface area contributed by atoms with Crippen LogP contribution in [-0.4, -0.2) is 38.8 Å². The summed E-state index contributed by atoms with van der Waals surface area (Å²) in [6.07, 6.45) is 9.48. The number of amides is 1. The van der Waals surface area contributed by atoms with E-state index in [0.29, 0.717) is 21.4 Å². The molecule has 0 saturated carbocycles. The number of aryl methyl sites for hydroxylation is 1. The van der Waals surface area contributed by atoms with Crippen molar-refractivity contribution in [1.82, 2.24) is 9.97 Å². The molecule has 43 heavy (non-hydrogen) atoms. The van der Waals surface area contributed by atoms with Gasteiger partial charge in [0, 0.05) is 52.4 Å². The minimum absolute atomic E-state index is 0.0192. The summed E-state index contributed by atoms with van der Waals surface area (Å²) in [5.74, 6) is -1.08. The quantitative estimate of drug-likeness (QED) is 0.240. The molecule has 0 spiro atoms. The van der Waals surface area contributed by atoms with Gasteiger partial charge in [0.05, 0.1) is 21.7 Å². The lowest BCUT2D eigenvalue weighted by Gasteiger charge is -2.30. The van der Waals surface area contributed by atoms with Crippen LogP contribution >= 0.6 is 22.9 Å². The highest BCUT2D eigenvalue weighted by Crippen LogP contribution is 2.44. The Balaban J connectivity index is 1.49. The number of aromatic nitrogens is 2. The molecule has 1 amide bonds. The van der Waals surface area contributed by atoms with Crippen LogP contribution in [0.2, 0.25) is 5.02 Å². The molecule has 2 aromatic heterocycles. The molecule has 2 aromatic carbocycles. The first-order chi connectivity index (χ1) is 20.5. The lowest BCUT2D eigenvalue weighted by atomic mass is 9.88. The van der Waals surface area contributed by atoms with Gasteiger partial charge in [-0.1, -0.05) is 35.9 Å². The first kappa shape index (κ1) is 28.9. The molecule has 2 unspecified atom stereocenters. The summed E-state index contributed by atoms with van der Waals surface area (Å²) in [6, 6.07) is 12.9. The van der Waals surface area contributed by atoms with Crippen molar-refractivity contribution in [3.05, 3.63) is 89.4 Å². The minimum atomic E-state index is -1.20. The molecule has 1 N–H and O–H groups in total. The van der Waals surface area contributed by atoms with Crippen LogP contribution in [0.5, 0.6) is 0 Å². The SMILES string of the molecule is Cc1cc2nc(-c3ccnc(N4C=CC5C=CN=CC5C4=O)c3)sc2c(-c2ccc(Cl)cc2)c1[C@H](OC(C)(C)C)C(=O)O. The van der Waals surface area contributed by atoms with Gasteiger partial charge in [-0.3, -0.25) is 14.7 Å². The van der Waals surface area contributed by atoms with Crippen molar-refractivity contribution < 1.29 is 19.4 Å². The zero-order valence-electron chi connectivity index (χ0n) is 24.0. The number of carbonyl (C=O) groups is 2. The maximum Gasteiger partial charge on any atom is 0.337 e. The zero-order chi connectivity index (χ0) is 30.5. The van der Waals surface area contributed by atoms with Crippen molar-refractivity contribution >= 4 is 57.1 Å². The van der Waals surface area contributed by atoms with Crippen molar-refractivity contribution in [2.24, 2.45) is 16.8 Å². The summed E-state index contributed by atoms with van der Waals surface area (Å²) in [7, 11) is 0. The van der Waals surface area contributed by atoms with Crippen LogP contribution in [0.4, 0.5) is 5.82 Å². The zero-order valence-corrected chi connectivity index (χ0v) is 25.6. The predicted octanol–water partition coefficient (Wildman–Crippen LogP) is 7.62. The number of hydrogen-bond acceptors (Lipinski definition) is 7. The Morgan fingerprint density at radius 3 is 2.60 bits per heavy atom. The van der Waals surface area contributed by atoms with Gasteiger partial charge in [-0.25, -0.2) is 14.8 Å². The van der Waals surface area contributed by atoms with Gasteiger partial charge in [0.15, 0.2) is 6.10 Å². The second-order valence-electron chi connectivity index (χ2n) is 11.5. The average Bonchev–Trinajstić information content (AvgIpc) is 3.39. The molecule has 218 valence electrons. The fraction of sp³-hybridized carbons (Fsp3) is 0.242. The fourth-order valence-electron chi connectivity index (χ4n) is 5.38. The van der Waals surface area contributed by atoms with Gasteiger partial charge in [-0.05, 0) is 69.2 Å². The third kappa shape index (κ3) is 5.63. The molecule has 0 saturated heterocycles. The van der Waals surface area contributed by atoms with Crippen molar-refractivity contribution in [3.63, 3.8) is 0 Å². The van der Waals surface area contributed by atoms with E-state index >= 15 is 0 Å². The van der Waals surface area contributed by atoms with E-state index < -0.39 is 17.7 Å². The molecule has 2 aliphatic rings. The van der Waals surface area contributed by atoms with Gasteiger partial charge in [0.1, 0.15) is 10.8 Å². The summed E-state index contributed by atoms with van der Waals surface area (Å²) in [5.41, 5.74) is 3.69. The van der Waals surface area contributed by atoms with E-state index in [1.807, 2.05) is 70.2 Å². The van der Waals surface area contributed by atoms with Gasteiger partial charge in [-0.2, -0.15) is 0 Å². The Morgan fingerprint density at radius 1 is 1.12 bits per heavy atom. The van der Waals surface area contributed by atoms with Gasteiger partial charge in [0.25, 0.3) is 0 Å².